The molecule has 3 N–H and O–H groups in total. The van der Waals surface area contributed by atoms with Crippen molar-refractivity contribution in [1.82, 2.24) is 20.3 Å². The first kappa shape index (κ1) is 22.1. The number of aromatic nitrogens is 1. The molecule has 164 valence electrons. The van der Waals surface area contributed by atoms with E-state index in [0.717, 1.165) is 46.5 Å². The van der Waals surface area contributed by atoms with Gasteiger partial charge in [-0.25, -0.2) is 9.99 Å². The number of rotatable bonds is 8. The Morgan fingerprint density at radius 2 is 2.16 bits per heavy atom. The molecule has 1 saturated heterocycles. The number of nitrogens with one attached hydrogen (secondary N) is 2. The fraction of sp³-hybridized carbons (Fsp3) is 0.476. The van der Waals surface area contributed by atoms with Crippen molar-refractivity contribution in [3.05, 3.63) is 23.4 Å². The Morgan fingerprint density at radius 1 is 1.39 bits per heavy atom. The number of terminal acetylenes is 1. The number of pyridine rings is 1. The molecule has 10 heteroatoms. The molecule has 0 aromatic carbocycles. The minimum atomic E-state index is -1.15. The zero-order chi connectivity index (χ0) is 22.5. The lowest BCUT2D eigenvalue weighted by molar-refractivity contribution is -0.147. The molecule has 10 nitrogen and oxygen atoms in total. The molecular formula is C21H25N5O5. The summed E-state index contributed by atoms with van der Waals surface area (Å²) >= 11 is 0. The van der Waals surface area contributed by atoms with Gasteiger partial charge in [0.1, 0.15) is 24.3 Å². The lowest BCUT2D eigenvalue weighted by Gasteiger charge is -2.23. The average Bonchev–Trinajstić information content (AvgIpc) is 2.94. The molecule has 1 fully saturated rings. The number of aliphatic carboxylic acids is 1. The van der Waals surface area contributed by atoms with Crippen LogP contribution in [-0.4, -0.2) is 70.0 Å². The van der Waals surface area contributed by atoms with E-state index in [-0.39, 0.29) is 6.42 Å². The third-order valence-electron chi connectivity index (χ3n) is 5.38. The summed E-state index contributed by atoms with van der Waals surface area (Å²) in [6, 6.07) is 2.93. The third kappa shape index (κ3) is 5.12. The van der Waals surface area contributed by atoms with E-state index in [2.05, 4.69) is 21.5 Å². The first-order chi connectivity index (χ1) is 14.8. The van der Waals surface area contributed by atoms with Crippen LogP contribution in [0.15, 0.2) is 12.1 Å². The predicted molar refractivity (Wildman–Crippen MR) is 110 cm³/mol. The summed E-state index contributed by atoms with van der Waals surface area (Å²) in [6.07, 6.45) is 7.56. The van der Waals surface area contributed by atoms with Gasteiger partial charge in [-0.15, -0.1) is 6.42 Å². The monoisotopic (exact) mass is 427 g/mol. The molecule has 3 amide bonds. The molecular weight excluding hydrogens is 402 g/mol. The standard InChI is InChI=1S/C21H25N5O5/c1-3-14(11-18(28)29)23-17(27)12-26-21(31)16(20(30)25(26)2)9-8-15-7-6-13-5-4-10-22-19(13)24-15/h1,6-7,14,16H,4-5,8-12H2,2H3,(H,22,24)(H,23,27)(H,28,29)/t14-,16?/m1/s1. The minimum absolute atomic E-state index is 0.276. The van der Waals surface area contributed by atoms with Crippen molar-refractivity contribution < 1.29 is 24.3 Å². The SMILES string of the molecule is C#C[C@H](CC(=O)O)NC(=O)CN1C(=O)C(CCc2ccc3c(n2)NCCC3)C(=O)N1C. The van der Waals surface area contributed by atoms with Crippen molar-refractivity contribution in [2.45, 2.75) is 38.1 Å². The highest BCUT2D eigenvalue weighted by molar-refractivity contribution is 6.06. The van der Waals surface area contributed by atoms with Gasteiger partial charge in [0.25, 0.3) is 11.8 Å². The van der Waals surface area contributed by atoms with E-state index in [1.165, 1.54) is 7.05 Å². The third-order valence-corrected chi connectivity index (χ3v) is 5.38. The molecule has 0 saturated carbocycles. The second kappa shape index (κ2) is 9.47. The van der Waals surface area contributed by atoms with Gasteiger partial charge in [-0.3, -0.25) is 24.2 Å². The lowest BCUT2D eigenvalue weighted by Crippen LogP contribution is -2.47. The summed E-state index contributed by atoms with van der Waals surface area (Å²) in [5.41, 5.74) is 1.95. The molecule has 1 aromatic rings. The second-order valence-corrected chi connectivity index (χ2v) is 7.57. The van der Waals surface area contributed by atoms with Crippen LogP contribution >= 0.6 is 0 Å². The molecule has 31 heavy (non-hydrogen) atoms. The highest BCUT2D eigenvalue weighted by Crippen LogP contribution is 2.24. The molecule has 3 heterocycles. The van der Waals surface area contributed by atoms with E-state index in [0.29, 0.717) is 6.42 Å². The number of hydrogen-bond acceptors (Lipinski definition) is 6. The van der Waals surface area contributed by atoms with Crippen LogP contribution in [0.2, 0.25) is 0 Å². The molecule has 0 bridgehead atoms. The van der Waals surface area contributed by atoms with Crippen molar-refractivity contribution in [1.29, 1.82) is 0 Å². The number of aryl methyl sites for hydroxylation is 2. The zero-order valence-corrected chi connectivity index (χ0v) is 17.3. The van der Waals surface area contributed by atoms with Crippen molar-refractivity contribution in [3.8, 4) is 12.3 Å². The summed E-state index contributed by atoms with van der Waals surface area (Å²) in [5.74, 6) is -0.528. The van der Waals surface area contributed by atoms with Crippen LogP contribution in [0.4, 0.5) is 5.82 Å². The zero-order valence-electron chi connectivity index (χ0n) is 17.3. The van der Waals surface area contributed by atoms with Crippen LogP contribution < -0.4 is 10.6 Å². The maximum Gasteiger partial charge on any atom is 0.306 e. The van der Waals surface area contributed by atoms with E-state index in [1.54, 1.807) is 0 Å². The molecule has 2 atom stereocenters. The Labute approximate surface area is 180 Å². The van der Waals surface area contributed by atoms with Crippen LogP contribution in [-0.2, 0) is 32.0 Å². The summed E-state index contributed by atoms with van der Waals surface area (Å²) in [7, 11) is 1.42. The molecule has 3 rings (SSSR count). The molecule has 0 spiro atoms. The Hall–Kier alpha value is -3.61. The number of nitrogens with zero attached hydrogens (tertiary/aromatic N) is 3. The summed E-state index contributed by atoms with van der Waals surface area (Å²) in [5, 5.41) is 16.6. The van der Waals surface area contributed by atoms with Crippen molar-refractivity contribution >= 4 is 29.5 Å². The number of carbonyl (C=O) groups is 4. The highest BCUT2D eigenvalue weighted by Gasteiger charge is 2.44. The number of hydrogen-bond donors (Lipinski definition) is 3. The molecule has 0 radical (unpaired) electrons. The van der Waals surface area contributed by atoms with Crippen molar-refractivity contribution in [3.63, 3.8) is 0 Å². The first-order valence-electron chi connectivity index (χ1n) is 10.1. The molecule has 1 unspecified atom stereocenters. The van der Waals surface area contributed by atoms with Gasteiger partial charge in [0, 0.05) is 19.3 Å². The van der Waals surface area contributed by atoms with E-state index >= 15 is 0 Å². The predicted octanol–water partition coefficient (Wildman–Crippen LogP) is -0.203. The largest absolute Gasteiger partial charge is 0.481 e. The summed E-state index contributed by atoms with van der Waals surface area (Å²) in [6.45, 7) is 0.453. The number of carbonyl (C=O) groups excluding carboxylic acids is 3. The van der Waals surface area contributed by atoms with Crippen LogP contribution in [0.25, 0.3) is 0 Å². The van der Waals surface area contributed by atoms with Gasteiger partial charge in [-0.1, -0.05) is 12.0 Å². The Morgan fingerprint density at radius 3 is 2.87 bits per heavy atom. The summed E-state index contributed by atoms with van der Waals surface area (Å²) in [4.78, 5) is 52.9. The molecule has 1 aromatic heterocycles. The van der Waals surface area contributed by atoms with Crippen LogP contribution in [0.5, 0.6) is 0 Å². The number of anilines is 1. The first-order valence-corrected chi connectivity index (χ1v) is 10.1. The Balaban J connectivity index is 1.59. The molecule has 0 aliphatic carbocycles. The average molecular weight is 427 g/mol. The van der Waals surface area contributed by atoms with Gasteiger partial charge >= 0.3 is 5.97 Å². The summed E-state index contributed by atoms with van der Waals surface area (Å²) < 4.78 is 0. The lowest BCUT2D eigenvalue weighted by atomic mass is 10.00. The van der Waals surface area contributed by atoms with Gasteiger partial charge in [0.05, 0.1) is 6.42 Å². The van der Waals surface area contributed by atoms with Gasteiger partial charge in [0.15, 0.2) is 0 Å². The Bertz CT molecular complexity index is 941. The normalized spacial score (nSPS) is 18.8. The number of carboxylic acids is 1. The number of hydrazine groups is 1. The van der Waals surface area contributed by atoms with E-state index in [9.17, 15) is 19.2 Å². The second-order valence-electron chi connectivity index (χ2n) is 7.57. The van der Waals surface area contributed by atoms with Crippen molar-refractivity contribution in [2.24, 2.45) is 5.92 Å². The van der Waals surface area contributed by atoms with E-state index < -0.39 is 48.6 Å². The van der Waals surface area contributed by atoms with Gasteiger partial charge < -0.3 is 15.7 Å². The number of amides is 3. The minimum Gasteiger partial charge on any atom is -0.481 e. The highest BCUT2D eigenvalue weighted by atomic mass is 16.4. The van der Waals surface area contributed by atoms with Crippen LogP contribution in [0.3, 0.4) is 0 Å². The molecule has 2 aliphatic heterocycles. The maximum absolute atomic E-state index is 12.8. The van der Waals surface area contributed by atoms with Crippen LogP contribution in [0.1, 0.15) is 30.5 Å². The van der Waals surface area contributed by atoms with E-state index in [4.69, 9.17) is 11.5 Å². The fourth-order valence-electron chi connectivity index (χ4n) is 3.71. The van der Waals surface area contributed by atoms with Crippen molar-refractivity contribution in [2.75, 3.05) is 25.5 Å². The van der Waals surface area contributed by atoms with Gasteiger partial charge in [-0.05, 0) is 37.3 Å². The topological polar surface area (TPSA) is 132 Å². The Kier molecular flexibility index (Phi) is 6.74. The van der Waals surface area contributed by atoms with Gasteiger partial charge in [0.2, 0.25) is 5.91 Å². The quantitative estimate of drug-likeness (QED) is 0.387. The van der Waals surface area contributed by atoms with Gasteiger partial charge in [-0.2, -0.15) is 0 Å². The smallest absolute Gasteiger partial charge is 0.306 e. The van der Waals surface area contributed by atoms with E-state index in [1.807, 2.05) is 12.1 Å². The van der Waals surface area contributed by atoms with Crippen LogP contribution in [0, 0.1) is 18.3 Å². The molecule has 2 aliphatic rings. The maximum atomic E-state index is 12.8. The number of carboxylic acid groups (broad SMARTS) is 1. The number of fused-ring (bicyclic) bond motifs is 1. The fourth-order valence-corrected chi connectivity index (χ4v) is 3.71.